The summed E-state index contributed by atoms with van der Waals surface area (Å²) in [5.41, 5.74) is 1.33. The maximum atomic E-state index is 13.3. The molecular formula is C20H25F2N5O. The SMILES string of the molecule is O=C(NC1CCC(F)(F)CC1)c1ccc2nc(N3C4CCC3CNC4)cn2c1. The molecule has 6 nitrogen and oxygen atoms in total. The average Bonchev–Trinajstić information content (AvgIpc) is 3.20. The van der Waals surface area contributed by atoms with Crippen LogP contribution in [0.2, 0.25) is 0 Å². The number of piperazine rings is 1. The maximum Gasteiger partial charge on any atom is 0.252 e. The number of amides is 1. The topological polar surface area (TPSA) is 61.7 Å². The Labute approximate surface area is 162 Å². The van der Waals surface area contributed by atoms with Crippen LogP contribution in [-0.4, -0.2) is 52.4 Å². The Balaban J connectivity index is 1.32. The molecule has 3 aliphatic rings. The van der Waals surface area contributed by atoms with Crippen molar-refractivity contribution in [3.63, 3.8) is 0 Å². The molecule has 2 N–H and O–H groups in total. The molecule has 4 heterocycles. The fraction of sp³-hybridized carbons (Fsp3) is 0.600. The maximum absolute atomic E-state index is 13.3. The molecule has 1 amide bonds. The fourth-order valence-corrected chi connectivity index (χ4v) is 4.84. The van der Waals surface area contributed by atoms with Gasteiger partial charge in [-0.25, -0.2) is 13.8 Å². The van der Waals surface area contributed by atoms with Gasteiger partial charge in [-0.15, -0.1) is 0 Å². The van der Waals surface area contributed by atoms with Gasteiger partial charge in [0, 0.05) is 50.3 Å². The quantitative estimate of drug-likeness (QED) is 0.847. The zero-order chi connectivity index (χ0) is 19.3. The molecular weight excluding hydrogens is 364 g/mol. The molecule has 150 valence electrons. The Hall–Kier alpha value is -2.22. The van der Waals surface area contributed by atoms with E-state index in [2.05, 4.69) is 15.5 Å². The summed E-state index contributed by atoms with van der Waals surface area (Å²) < 4.78 is 28.5. The van der Waals surface area contributed by atoms with Gasteiger partial charge in [-0.1, -0.05) is 0 Å². The molecule has 2 saturated heterocycles. The van der Waals surface area contributed by atoms with Crippen molar-refractivity contribution in [2.24, 2.45) is 0 Å². The Morgan fingerprint density at radius 3 is 2.54 bits per heavy atom. The first-order chi connectivity index (χ1) is 13.5. The third-order valence-electron chi connectivity index (χ3n) is 6.40. The molecule has 2 bridgehead atoms. The van der Waals surface area contributed by atoms with Crippen molar-refractivity contribution >= 4 is 17.4 Å². The van der Waals surface area contributed by atoms with E-state index in [-0.39, 0.29) is 24.8 Å². The predicted molar refractivity (Wildman–Crippen MR) is 102 cm³/mol. The summed E-state index contributed by atoms with van der Waals surface area (Å²) in [7, 11) is 0. The molecule has 0 aromatic carbocycles. The standard InChI is InChI=1S/C20H25F2N5O/c21-20(22)7-5-14(6-8-20)24-19(28)13-1-4-17-25-18(12-26(17)11-13)27-15-2-3-16(27)10-23-9-15/h1,4,11-12,14-16,23H,2-3,5-10H2,(H,24,28). The molecule has 8 heteroatoms. The van der Waals surface area contributed by atoms with Gasteiger partial charge in [-0.3, -0.25) is 4.79 Å². The van der Waals surface area contributed by atoms with Crippen LogP contribution in [0.4, 0.5) is 14.6 Å². The number of anilines is 1. The molecule has 1 saturated carbocycles. The Kier molecular flexibility index (Phi) is 4.26. The highest BCUT2D eigenvalue weighted by molar-refractivity contribution is 5.94. The van der Waals surface area contributed by atoms with E-state index in [1.54, 1.807) is 12.3 Å². The number of nitrogens with one attached hydrogen (secondary N) is 2. The number of halogens is 2. The van der Waals surface area contributed by atoms with E-state index in [9.17, 15) is 13.6 Å². The van der Waals surface area contributed by atoms with E-state index in [0.29, 0.717) is 30.5 Å². The lowest BCUT2D eigenvalue weighted by atomic mass is 9.92. The minimum Gasteiger partial charge on any atom is -0.349 e. The number of carbonyl (C=O) groups excluding carboxylic acids is 1. The number of nitrogens with zero attached hydrogens (tertiary/aromatic N) is 3. The van der Waals surface area contributed by atoms with E-state index in [1.165, 1.54) is 12.8 Å². The molecule has 2 aromatic heterocycles. The zero-order valence-corrected chi connectivity index (χ0v) is 15.7. The van der Waals surface area contributed by atoms with Gasteiger partial charge < -0.3 is 19.9 Å². The van der Waals surface area contributed by atoms with Gasteiger partial charge in [0.05, 0.1) is 11.8 Å². The summed E-state index contributed by atoms with van der Waals surface area (Å²) >= 11 is 0. The number of carbonyl (C=O) groups is 1. The van der Waals surface area contributed by atoms with Gasteiger partial charge in [0.2, 0.25) is 5.92 Å². The normalized spacial score (nSPS) is 27.3. The average molecular weight is 389 g/mol. The molecule has 5 rings (SSSR count). The van der Waals surface area contributed by atoms with E-state index >= 15 is 0 Å². The number of pyridine rings is 1. The van der Waals surface area contributed by atoms with Crippen LogP contribution in [0.25, 0.3) is 5.65 Å². The molecule has 3 fully saturated rings. The minimum atomic E-state index is -2.59. The van der Waals surface area contributed by atoms with E-state index in [1.807, 2.05) is 16.7 Å². The van der Waals surface area contributed by atoms with Crippen LogP contribution < -0.4 is 15.5 Å². The number of hydrogen-bond acceptors (Lipinski definition) is 4. The number of hydrogen-bond donors (Lipinski definition) is 2. The number of imidazole rings is 1. The van der Waals surface area contributed by atoms with Gasteiger partial charge in [0.25, 0.3) is 5.91 Å². The van der Waals surface area contributed by atoms with Crippen LogP contribution >= 0.6 is 0 Å². The molecule has 0 spiro atoms. The second kappa shape index (κ2) is 6.69. The van der Waals surface area contributed by atoms with Crippen molar-refractivity contribution in [3.05, 3.63) is 30.1 Å². The lowest BCUT2D eigenvalue weighted by molar-refractivity contribution is -0.0399. The number of rotatable bonds is 3. The van der Waals surface area contributed by atoms with E-state index in [4.69, 9.17) is 4.98 Å². The Morgan fingerprint density at radius 1 is 1.11 bits per heavy atom. The fourth-order valence-electron chi connectivity index (χ4n) is 4.84. The lowest BCUT2D eigenvalue weighted by Gasteiger charge is -2.35. The van der Waals surface area contributed by atoms with Crippen molar-refractivity contribution in [1.29, 1.82) is 0 Å². The summed E-state index contributed by atoms with van der Waals surface area (Å²) in [4.78, 5) is 19.8. The number of alkyl halides is 2. The molecule has 28 heavy (non-hydrogen) atoms. The molecule has 0 radical (unpaired) electrons. The van der Waals surface area contributed by atoms with Crippen LogP contribution in [-0.2, 0) is 0 Å². The smallest absolute Gasteiger partial charge is 0.252 e. The van der Waals surface area contributed by atoms with Crippen LogP contribution in [0.1, 0.15) is 48.9 Å². The molecule has 2 aromatic rings. The molecule has 2 atom stereocenters. The first-order valence-electron chi connectivity index (χ1n) is 10.1. The van der Waals surface area contributed by atoms with Crippen LogP contribution in [0.15, 0.2) is 24.5 Å². The lowest BCUT2D eigenvalue weighted by Crippen LogP contribution is -2.52. The zero-order valence-electron chi connectivity index (χ0n) is 15.7. The van der Waals surface area contributed by atoms with Gasteiger partial charge in [0.1, 0.15) is 11.5 Å². The number of fused-ring (bicyclic) bond motifs is 3. The second-order valence-electron chi connectivity index (χ2n) is 8.34. The summed E-state index contributed by atoms with van der Waals surface area (Å²) in [5, 5.41) is 6.38. The van der Waals surface area contributed by atoms with Crippen LogP contribution in [0.5, 0.6) is 0 Å². The summed E-state index contributed by atoms with van der Waals surface area (Å²) in [6.45, 7) is 1.97. The van der Waals surface area contributed by atoms with Crippen molar-refractivity contribution in [3.8, 4) is 0 Å². The summed E-state index contributed by atoms with van der Waals surface area (Å²) in [6.07, 6.45) is 6.46. The van der Waals surface area contributed by atoms with Gasteiger partial charge in [-0.2, -0.15) is 0 Å². The largest absolute Gasteiger partial charge is 0.349 e. The third-order valence-corrected chi connectivity index (χ3v) is 6.40. The summed E-state index contributed by atoms with van der Waals surface area (Å²) in [6, 6.07) is 4.38. The molecule has 2 aliphatic heterocycles. The van der Waals surface area contributed by atoms with Crippen molar-refractivity contribution in [2.45, 2.75) is 62.6 Å². The van der Waals surface area contributed by atoms with Gasteiger partial charge >= 0.3 is 0 Å². The van der Waals surface area contributed by atoms with E-state index in [0.717, 1.165) is 24.6 Å². The second-order valence-corrected chi connectivity index (χ2v) is 8.34. The molecule has 1 aliphatic carbocycles. The molecule has 2 unspecified atom stereocenters. The van der Waals surface area contributed by atoms with Gasteiger partial charge in [0.15, 0.2) is 0 Å². The highest BCUT2D eigenvalue weighted by Crippen LogP contribution is 2.33. The number of aromatic nitrogens is 2. The Bertz CT molecular complexity index is 872. The Morgan fingerprint density at radius 2 is 1.82 bits per heavy atom. The first-order valence-corrected chi connectivity index (χ1v) is 10.1. The van der Waals surface area contributed by atoms with Crippen molar-refractivity contribution in [1.82, 2.24) is 20.0 Å². The monoisotopic (exact) mass is 389 g/mol. The third kappa shape index (κ3) is 3.23. The van der Waals surface area contributed by atoms with Crippen molar-refractivity contribution in [2.75, 3.05) is 18.0 Å². The first kappa shape index (κ1) is 17.8. The van der Waals surface area contributed by atoms with Crippen LogP contribution in [0, 0.1) is 0 Å². The highest BCUT2D eigenvalue weighted by Gasteiger charge is 2.38. The predicted octanol–water partition coefficient (Wildman–Crippen LogP) is 2.58. The van der Waals surface area contributed by atoms with Gasteiger partial charge in [-0.05, 0) is 37.8 Å². The minimum absolute atomic E-state index is 0.158. The highest BCUT2D eigenvalue weighted by atomic mass is 19.3. The van der Waals surface area contributed by atoms with Crippen molar-refractivity contribution < 1.29 is 13.6 Å². The van der Waals surface area contributed by atoms with E-state index < -0.39 is 5.92 Å². The summed E-state index contributed by atoms with van der Waals surface area (Å²) in [5.74, 6) is -1.84. The van der Waals surface area contributed by atoms with Crippen LogP contribution in [0.3, 0.4) is 0 Å².